The minimum Gasteiger partial charge on any atom is -0.326 e. The standard InChI is InChI=1S/C19H19FN4O3S/c20-15-6-2-4-8-17(15)28(26,27)24-11-9-23(10-12-24)13-18-21-16-7-3-1-5-14(16)19(25)22-18/h1-8H,9-13H2,(H,21,22,25)/p+1. The SMILES string of the molecule is O=c1[nH]c(C[NH+]2CCN(S(=O)(=O)c3ccccc3F)CC2)nc2ccccc12. The van der Waals surface area contributed by atoms with E-state index in [1.807, 2.05) is 6.07 Å². The summed E-state index contributed by atoms with van der Waals surface area (Å²) in [5.74, 6) is -0.167. The predicted octanol–water partition coefficient (Wildman–Crippen LogP) is 0.152. The third-order valence-electron chi connectivity index (χ3n) is 4.96. The van der Waals surface area contributed by atoms with Crippen LogP contribution in [0.4, 0.5) is 4.39 Å². The molecule has 7 nitrogen and oxygen atoms in total. The Kier molecular flexibility index (Phi) is 4.96. The average molecular weight is 403 g/mol. The van der Waals surface area contributed by atoms with Crippen molar-refractivity contribution in [3.63, 3.8) is 0 Å². The number of halogens is 1. The van der Waals surface area contributed by atoms with E-state index < -0.39 is 15.8 Å². The quantitative estimate of drug-likeness (QED) is 0.649. The number of fused-ring (bicyclic) bond motifs is 1. The van der Waals surface area contributed by atoms with Gasteiger partial charge in [0.05, 0.1) is 37.1 Å². The highest BCUT2D eigenvalue weighted by Crippen LogP contribution is 2.18. The molecule has 1 saturated heterocycles. The highest BCUT2D eigenvalue weighted by atomic mass is 32.2. The van der Waals surface area contributed by atoms with Crippen molar-refractivity contribution in [3.8, 4) is 0 Å². The van der Waals surface area contributed by atoms with Crippen molar-refractivity contribution in [3.05, 3.63) is 70.5 Å². The second-order valence-electron chi connectivity index (χ2n) is 6.79. The Hall–Kier alpha value is -2.62. The number of para-hydroxylation sites is 1. The number of rotatable bonds is 4. The topological polar surface area (TPSA) is 87.6 Å². The molecule has 1 aliphatic heterocycles. The summed E-state index contributed by atoms with van der Waals surface area (Å²) in [6.45, 7) is 2.15. The highest BCUT2D eigenvalue weighted by molar-refractivity contribution is 7.89. The Morgan fingerprint density at radius 2 is 1.75 bits per heavy atom. The Bertz CT molecular complexity index is 1170. The second-order valence-corrected chi connectivity index (χ2v) is 8.70. The number of sulfonamides is 1. The summed E-state index contributed by atoms with van der Waals surface area (Å²) in [7, 11) is -3.85. The monoisotopic (exact) mass is 403 g/mol. The summed E-state index contributed by atoms with van der Waals surface area (Å²) in [4.78, 5) is 20.3. The molecular weight excluding hydrogens is 383 g/mol. The van der Waals surface area contributed by atoms with Crippen LogP contribution in [0, 0.1) is 5.82 Å². The number of benzene rings is 2. The number of hydrogen-bond donors (Lipinski definition) is 2. The van der Waals surface area contributed by atoms with Crippen LogP contribution in [-0.4, -0.2) is 48.9 Å². The van der Waals surface area contributed by atoms with E-state index in [9.17, 15) is 17.6 Å². The molecule has 0 amide bonds. The molecule has 0 saturated carbocycles. The maximum atomic E-state index is 13.9. The van der Waals surface area contributed by atoms with Gasteiger partial charge in [-0.3, -0.25) is 4.79 Å². The van der Waals surface area contributed by atoms with E-state index in [2.05, 4.69) is 9.97 Å². The van der Waals surface area contributed by atoms with Gasteiger partial charge in [0, 0.05) is 0 Å². The number of hydrogen-bond acceptors (Lipinski definition) is 4. The Labute approximate surface area is 161 Å². The number of nitrogens with one attached hydrogen (secondary N) is 2. The van der Waals surface area contributed by atoms with E-state index >= 15 is 0 Å². The van der Waals surface area contributed by atoms with Crippen LogP contribution in [0.15, 0.2) is 58.2 Å². The molecule has 9 heteroatoms. The van der Waals surface area contributed by atoms with Crippen LogP contribution in [0.3, 0.4) is 0 Å². The van der Waals surface area contributed by atoms with Gasteiger partial charge in [-0.25, -0.2) is 17.8 Å². The van der Waals surface area contributed by atoms with Gasteiger partial charge in [0.1, 0.15) is 17.3 Å². The Morgan fingerprint density at radius 3 is 2.50 bits per heavy atom. The van der Waals surface area contributed by atoms with E-state index in [4.69, 9.17) is 0 Å². The van der Waals surface area contributed by atoms with Crippen molar-refractivity contribution in [1.82, 2.24) is 14.3 Å². The largest absolute Gasteiger partial charge is 0.326 e. The number of nitrogens with zero attached hydrogens (tertiary/aromatic N) is 2. The lowest BCUT2D eigenvalue weighted by Gasteiger charge is -2.31. The van der Waals surface area contributed by atoms with E-state index in [-0.39, 0.29) is 23.5 Å². The third-order valence-corrected chi connectivity index (χ3v) is 6.90. The minimum absolute atomic E-state index is 0.180. The van der Waals surface area contributed by atoms with Gasteiger partial charge >= 0.3 is 0 Å². The highest BCUT2D eigenvalue weighted by Gasteiger charge is 2.32. The number of piperazine rings is 1. The molecular formula is C19H20FN4O3S+. The van der Waals surface area contributed by atoms with Gasteiger partial charge in [-0.1, -0.05) is 24.3 Å². The first-order valence-corrected chi connectivity index (χ1v) is 10.5. The molecule has 3 aromatic rings. The third kappa shape index (κ3) is 3.56. The average Bonchev–Trinajstić information content (AvgIpc) is 2.69. The van der Waals surface area contributed by atoms with Crippen LogP contribution in [-0.2, 0) is 16.6 Å². The molecule has 0 spiro atoms. The summed E-state index contributed by atoms with van der Waals surface area (Å²) in [6.07, 6.45) is 0. The molecule has 0 bridgehead atoms. The molecule has 1 fully saturated rings. The predicted molar refractivity (Wildman–Crippen MR) is 102 cm³/mol. The fraction of sp³-hybridized carbons (Fsp3) is 0.263. The van der Waals surface area contributed by atoms with Crippen molar-refractivity contribution >= 4 is 20.9 Å². The van der Waals surface area contributed by atoms with Crippen molar-refractivity contribution in [2.24, 2.45) is 0 Å². The summed E-state index contributed by atoms with van der Waals surface area (Å²) in [5.41, 5.74) is 0.460. The van der Waals surface area contributed by atoms with Crippen molar-refractivity contribution in [1.29, 1.82) is 0 Å². The molecule has 0 aliphatic carbocycles. The maximum absolute atomic E-state index is 13.9. The van der Waals surface area contributed by atoms with E-state index in [1.54, 1.807) is 18.2 Å². The van der Waals surface area contributed by atoms with Crippen molar-refractivity contribution in [2.45, 2.75) is 11.4 Å². The number of H-pyrrole nitrogens is 1. The summed E-state index contributed by atoms with van der Waals surface area (Å²) < 4.78 is 40.6. The molecule has 0 atom stereocenters. The molecule has 0 radical (unpaired) electrons. The first-order valence-electron chi connectivity index (χ1n) is 9.01. The lowest BCUT2D eigenvalue weighted by molar-refractivity contribution is -0.917. The molecule has 1 aliphatic rings. The zero-order valence-electron chi connectivity index (χ0n) is 15.1. The molecule has 0 unspecified atom stereocenters. The smallest absolute Gasteiger partial charge is 0.258 e. The molecule has 2 heterocycles. The minimum atomic E-state index is -3.85. The summed E-state index contributed by atoms with van der Waals surface area (Å²) >= 11 is 0. The zero-order valence-corrected chi connectivity index (χ0v) is 15.9. The molecule has 2 aromatic carbocycles. The van der Waals surface area contributed by atoms with Crippen LogP contribution in [0.25, 0.3) is 10.9 Å². The number of quaternary nitrogens is 1. The first-order chi connectivity index (χ1) is 13.4. The van der Waals surface area contributed by atoms with Crippen LogP contribution in [0.1, 0.15) is 5.82 Å². The van der Waals surface area contributed by atoms with E-state index in [1.165, 1.54) is 22.5 Å². The van der Waals surface area contributed by atoms with Gasteiger partial charge in [0.15, 0.2) is 5.82 Å². The normalized spacial score (nSPS) is 16.5. The van der Waals surface area contributed by atoms with Crippen molar-refractivity contribution in [2.75, 3.05) is 26.2 Å². The molecule has 28 heavy (non-hydrogen) atoms. The van der Waals surface area contributed by atoms with Gasteiger partial charge in [0.25, 0.3) is 5.56 Å². The number of aromatic nitrogens is 2. The van der Waals surface area contributed by atoms with Crippen LogP contribution in [0.2, 0.25) is 0 Å². The van der Waals surface area contributed by atoms with Crippen LogP contribution in [0.5, 0.6) is 0 Å². The lowest BCUT2D eigenvalue weighted by atomic mass is 10.2. The van der Waals surface area contributed by atoms with Gasteiger partial charge in [-0.15, -0.1) is 0 Å². The van der Waals surface area contributed by atoms with E-state index in [0.29, 0.717) is 36.4 Å². The van der Waals surface area contributed by atoms with Gasteiger partial charge in [-0.05, 0) is 24.3 Å². The fourth-order valence-electron chi connectivity index (χ4n) is 3.47. The molecule has 4 rings (SSSR count). The zero-order chi connectivity index (χ0) is 19.7. The Morgan fingerprint density at radius 1 is 1.07 bits per heavy atom. The molecule has 146 valence electrons. The Balaban J connectivity index is 1.46. The maximum Gasteiger partial charge on any atom is 0.258 e. The van der Waals surface area contributed by atoms with E-state index in [0.717, 1.165) is 11.0 Å². The number of aromatic amines is 1. The first kappa shape index (κ1) is 18.7. The van der Waals surface area contributed by atoms with Gasteiger partial charge in [0.2, 0.25) is 10.0 Å². The fourth-order valence-corrected chi connectivity index (χ4v) is 4.97. The summed E-state index contributed by atoms with van der Waals surface area (Å²) in [6, 6.07) is 12.6. The van der Waals surface area contributed by atoms with Crippen LogP contribution < -0.4 is 10.5 Å². The van der Waals surface area contributed by atoms with Gasteiger partial charge in [-0.2, -0.15) is 4.31 Å². The lowest BCUT2D eigenvalue weighted by Crippen LogP contribution is -3.13. The van der Waals surface area contributed by atoms with Gasteiger partial charge < -0.3 is 9.88 Å². The summed E-state index contributed by atoms with van der Waals surface area (Å²) in [5, 5.41) is 0.544. The molecule has 2 N–H and O–H groups in total. The molecule has 1 aromatic heterocycles. The van der Waals surface area contributed by atoms with Crippen molar-refractivity contribution < 1.29 is 17.7 Å². The van der Waals surface area contributed by atoms with Crippen LogP contribution >= 0.6 is 0 Å². The second kappa shape index (κ2) is 7.42.